The Labute approximate surface area is 113 Å². The van der Waals surface area contributed by atoms with Gasteiger partial charge in [-0.05, 0) is 18.4 Å². The van der Waals surface area contributed by atoms with Crippen LogP contribution < -0.4 is 5.56 Å². The van der Waals surface area contributed by atoms with Gasteiger partial charge in [-0.3, -0.25) is 9.36 Å². The van der Waals surface area contributed by atoms with Crippen LogP contribution in [0.5, 0.6) is 0 Å². The highest BCUT2D eigenvalue weighted by molar-refractivity contribution is 7.09. The third-order valence-electron chi connectivity index (χ3n) is 2.97. The minimum Gasteiger partial charge on any atom is -0.294 e. The summed E-state index contributed by atoms with van der Waals surface area (Å²) < 4.78 is 1.62. The van der Waals surface area contributed by atoms with Crippen LogP contribution in [0.3, 0.4) is 0 Å². The van der Waals surface area contributed by atoms with Crippen molar-refractivity contribution in [3.8, 4) is 0 Å². The molecule has 0 saturated heterocycles. The van der Waals surface area contributed by atoms with Crippen LogP contribution in [0.2, 0.25) is 0 Å². The lowest BCUT2D eigenvalue weighted by atomic mass is 10.2. The van der Waals surface area contributed by atoms with Gasteiger partial charge in [0.25, 0.3) is 5.56 Å². The number of rotatable bonds is 3. The van der Waals surface area contributed by atoms with Crippen LogP contribution in [-0.2, 0) is 6.42 Å². The van der Waals surface area contributed by atoms with Crippen molar-refractivity contribution in [1.29, 1.82) is 0 Å². The molecule has 0 N–H and O–H groups in total. The normalized spacial score (nSPS) is 12.7. The van der Waals surface area contributed by atoms with E-state index in [9.17, 15) is 4.79 Å². The fourth-order valence-corrected chi connectivity index (χ4v) is 2.83. The summed E-state index contributed by atoms with van der Waals surface area (Å²) in [6.45, 7) is 2.00. The number of aromatic nitrogens is 4. The zero-order valence-corrected chi connectivity index (χ0v) is 11.2. The summed E-state index contributed by atoms with van der Waals surface area (Å²) in [6, 6.07) is 4.13. The summed E-state index contributed by atoms with van der Waals surface area (Å²) in [6.07, 6.45) is 5.41. The molecular formula is C13H12N4OS. The molecule has 0 fully saturated rings. The fourth-order valence-electron chi connectivity index (χ4n) is 2.00. The first kappa shape index (κ1) is 12.0. The van der Waals surface area contributed by atoms with Crippen molar-refractivity contribution in [1.82, 2.24) is 19.5 Å². The van der Waals surface area contributed by atoms with Crippen molar-refractivity contribution in [2.45, 2.75) is 19.4 Å². The summed E-state index contributed by atoms with van der Waals surface area (Å²) in [5.74, 6) is 0. The average molecular weight is 272 g/mol. The molecule has 0 aliphatic carbocycles. The predicted molar refractivity (Wildman–Crippen MR) is 74.3 cm³/mol. The van der Waals surface area contributed by atoms with E-state index in [4.69, 9.17) is 0 Å². The van der Waals surface area contributed by atoms with Gasteiger partial charge in [-0.1, -0.05) is 6.07 Å². The van der Waals surface area contributed by atoms with Crippen LogP contribution in [0.25, 0.3) is 11.2 Å². The second kappa shape index (κ2) is 4.89. The highest BCUT2D eigenvalue weighted by Gasteiger charge is 2.12. The Morgan fingerprint density at radius 2 is 2.16 bits per heavy atom. The maximum absolute atomic E-state index is 12.3. The minimum absolute atomic E-state index is 0.0463. The molecule has 0 aromatic carbocycles. The summed E-state index contributed by atoms with van der Waals surface area (Å²) in [7, 11) is 0. The van der Waals surface area contributed by atoms with Crippen molar-refractivity contribution in [3.63, 3.8) is 0 Å². The van der Waals surface area contributed by atoms with Gasteiger partial charge in [-0.15, -0.1) is 11.3 Å². The van der Waals surface area contributed by atoms with Crippen LogP contribution >= 0.6 is 11.3 Å². The molecule has 6 heteroatoms. The predicted octanol–water partition coefficient (Wildman–Crippen LogP) is 2.05. The lowest BCUT2D eigenvalue weighted by Crippen LogP contribution is -2.25. The number of hydrogen-bond acceptors (Lipinski definition) is 5. The molecule has 0 saturated carbocycles. The summed E-state index contributed by atoms with van der Waals surface area (Å²) in [5, 5.41) is 2.04. The first-order chi connectivity index (χ1) is 9.25. The molecule has 3 aromatic rings. The molecule has 3 heterocycles. The largest absolute Gasteiger partial charge is 0.294 e. The maximum Gasteiger partial charge on any atom is 0.281 e. The van der Waals surface area contributed by atoms with Crippen LogP contribution in [0.4, 0.5) is 0 Å². The smallest absolute Gasteiger partial charge is 0.281 e. The van der Waals surface area contributed by atoms with E-state index in [0.717, 1.165) is 6.42 Å². The Morgan fingerprint density at radius 3 is 2.95 bits per heavy atom. The van der Waals surface area contributed by atoms with E-state index in [-0.39, 0.29) is 11.6 Å². The molecule has 3 aromatic heterocycles. The van der Waals surface area contributed by atoms with Gasteiger partial charge in [0.1, 0.15) is 6.33 Å². The van der Waals surface area contributed by atoms with Gasteiger partial charge < -0.3 is 0 Å². The molecule has 19 heavy (non-hydrogen) atoms. The Morgan fingerprint density at radius 1 is 1.32 bits per heavy atom. The molecule has 96 valence electrons. The van der Waals surface area contributed by atoms with E-state index in [2.05, 4.69) is 21.0 Å². The van der Waals surface area contributed by atoms with E-state index in [1.165, 1.54) is 17.3 Å². The topological polar surface area (TPSA) is 60.7 Å². The van der Waals surface area contributed by atoms with Crippen LogP contribution in [0.1, 0.15) is 17.8 Å². The SMILES string of the molecule is CC(Cc1cccs1)n1cnc2nccnc2c1=O. The molecule has 0 spiro atoms. The van der Waals surface area contributed by atoms with Gasteiger partial charge in [0.05, 0.1) is 0 Å². The fraction of sp³-hybridized carbons (Fsp3) is 0.231. The molecule has 3 rings (SSSR count). The molecular weight excluding hydrogens is 260 g/mol. The standard InChI is InChI=1S/C13H12N4OS/c1-9(7-10-3-2-6-19-10)17-8-16-12-11(13(17)18)14-4-5-15-12/h2-6,8-9H,7H2,1H3. The Bertz CT molecular complexity index is 751. The number of fused-ring (bicyclic) bond motifs is 1. The second-order valence-corrected chi connectivity index (χ2v) is 5.35. The molecule has 0 aliphatic heterocycles. The molecule has 5 nitrogen and oxygen atoms in total. The van der Waals surface area contributed by atoms with Crippen molar-refractivity contribution in [2.75, 3.05) is 0 Å². The van der Waals surface area contributed by atoms with Crippen molar-refractivity contribution >= 4 is 22.5 Å². The zero-order chi connectivity index (χ0) is 13.2. The number of hydrogen-bond donors (Lipinski definition) is 0. The van der Waals surface area contributed by atoms with E-state index in [1.807, 2.05) is 18.4 Å². The van der Waals surface area contributed by atoms with Crippen molar-refractivity contribution in [2.24, 2.45) is 0 Å². The molecule has 1 atom stereocenters. The summed E-state index contributed by atoms with van der Waals surface area (Å²) >= 11 is 1.69. The monoisotopic (exact) mass is 272 g/mol. The third kappa shape index (κ3) is 2.26. The minimum atomic E-state index is -0.137. The highest BCUT2D eigenvalue weighted by atomic mass is 32.1. The zero-order valence-electron chi connectivity index (χ0n) is 10.4. The first-order valence-corrected chi connectivity index (χ1v) is 6.84. The van der Waals surface area contributed by atoms with Gasteiger partial charge in [-0.25, -0.2) is 15.0 Å². The van der Waals surface area contributed by atoms with Gasteiger partial charge in [-0.2, -0.15) is 0 Å². The van der Waals surface area contributed by atoms with E-state index in [1.54, 1.807) is 22.2 Å². The van der Waals surface area contributed by atoms with Crippen molar-refractivity contribution < 1.29 is 0 Å². The van der Waals surface area contributed by atoms with Gasteiger partial charge in [0, 0.05) is 29.7 Å². The maximum atomic E-state index is 12.3. The quantitative estimate of drug-likeness (QED) is 0.732. The number of nitrogens with zero attached hydrogens (tertiary/aromatic N) is 4. The number of thiophene rings is 1. The average Bonchev–Trinajstić information content (AvgIpc) is 2.92. The van der Waals surface area contributed by atoms with Crippen LogP contribution in [0, 0.1) is 0 Å². The van der Waals surface area contributed by atoms with Crippen LogP contribution in [-0.4, -0.2) is 19.5 Å². The third-order valence-corrected chi connectivity index (χ3v) is 3.87. The van der Waals surface area contributed by atoms with Gasteiger partial charge >= 0.3 is 0 Å². The Hall–Kier alpha value is -2.08. The molecule has 0 bridgehead atoms. The van der Waals surface area contributed by atoms with E-state index < -0.39 is 0 Å². The molecule has 0 aliphatic rings. The first-order valence-electron chi connectivity index (χ1n) is 5.96. The summed E-state index contributed by atoms with van der Waals surface area (Å²) in [5.41, 5.74) is 0.581. The molecule has 1 unspecified atom stereocenters. The Kier molecular flexibility index (Phi) is 3.08. The second-order valence-electron chi connectivity index (χ2n) is 4.32. The van der Waals surface area contributed by atoms with Crippen LogP contribution in [0.15, 0.2) is 41.0 Å². The molecule has 0 amide bonds. The van der Waals surface area contributed by atoms with E-state index in [0.29, 0.717) is 11.2 Å². The van der Waals surface area contributed by atoms with Gasteiger partial charge in [0.2, 0.25) is 0 Å². The lowest BCUT2D eigenvalue weighted by molar-refractivity contribution is 0.525. The molecule has 0 radical (unpaired) electrons. The Balaban J connectivity index is 2.01. The van der Waals surface area contributed by atoms with E-state index >= 15 is 0 Å². The summed E-state index contributed by atoms with van der Waals surface area (Å²) in [4.78, 5) is 25.9. The van der Waals surface area contributed by atoms with Crippen molar-refractivity contribution in [3.05, 3.63) is 51.5 Å². The highest BCUT2D eigenvalue weighted by Crippen LogP contribution is 2.16. The lowest BCUT2D eigenvalue weighted by Gasteiger charge is -2.13. The van der Waals surface area contributed by atoms with Gasteiger partial charge in [0.15, 0.2) is 11.2 Å².